The van der Waals surface area contributed by atoms with Crippen LogP contribution in [0.1, 0.15) is 12.8 Å². The summed E-state index contributed by atoms with van der Waals surface area (Å²) < 4.78 is 13.3. The van der Waals surface area contributed by atoms with Crippen LogP contribution in [0.4, 0.5) is 10.1 Å². The highest BCUT2D eigenvalue weighted by molar-refractivity contribution is 5.81. The maximum absolute atomic E-state index is 13.3. The number of halogens is 1. The summed E-state index contributed by atoms with van der Waals surface area (Å²) in [5.41, 5.74) is 6.10. The summed E-state index contributed by atoms with van der Waals surface area (Å²) in [7, 11) is 0. The third-order valence-electron chi connectivity index (χ3n) is 2.52. The molecule has 0 bridgehead atoms. The van der Waals surface area contributed by atoms with Gasteiger partial charge in [-0.3, -0.25) is 0 Å². The smallest absolute Gasteiger partial charge is 0.196 e. The fourth-order valence-corrected chi connectivity index (χ4v) is 1.68. The molecule has 0 radical (unpaired) electrons. The monoisotopic (exact) mass is 207 g/mol. The highest BCUT2D eigenvalue weighted by Crippen LogP contribution is 2.17. The summed E-state index contributed by atoms with van der Waals surface area (Å²) in [5, 5.41) is 0. The van der Waals surface area contributed by atoms with Crippen molar-refractivity contribution >= 4 is 11.6 Å². The number of aliphatic imine (C=N–C) groups is 1. The second kappa shape index (κ2) is 4.29. The largest absolute Gasteiger partial charge is 0.369 e. The van der Waals surface area contributed by atoms with Gasteiger partial charge in [-0.25, -0.2) is 9.38 Å². The molecule has 0 aliphatic carbocycles. The molecule has 0 spiro atoms. The van der Waals surface area contributed by atoms with Crippen molar-refractivity contribution in [3.63, 3.8) is 0 Å². The summed E-state index contributed by atoms with van der Waals surface area (Å²) in [6, 6.07) is 6.40. The normalized spacial score (nSPS) is 17.1. The summed E-state index contributed by atoms with van der Waals surface area (Å²) in [4.78, 5) is 6.06. The van der Waals surface area contributed by atoms with E-state index in [1.54, 1.807) is 18.2 Å². The van der Waals surface area contributed by atoms with Crippen molar-refractivity contribution in [2.24, 2.45) is 10.7 Å². The molecule has 1 fully saturated rings. The molecular formula is C11H14FN3. The number of likely N-dealkylation sites (tertiary alicyclic amines) is 1. The zero-order valence-corrected chi connectivity index (χ0v) is 8.49. The van der Waals surface area contributed by atoms with E-state index in [-0.39, 0.29) is 5.82 Å². The molecule has 1 aromatic rings. The number of benzene rings is 1. The zero-order valence-electron chi connectivity index (χ0n) is 8.49. The molecule has 15 heavy (non-hydrogen) atoms. The fraction of sp³-hybridized carbons (Fsp3) is 0.364. The predicted molar refractivity (Wildman–Crippen MR) is 58.5 cm³/mol. The number of hydrogen-bond donors (Lipinski definition) is 1. The number of guanidine groups is 1. The van der Waals surface area contributed by atoms with Crippen LogP contribution in [0.5, 0.6) is 0 Å². The van der Waals surface area contributed by atoms with Gasteiger partial charge in [0.05, 0.1) is 0 Å². The molecule has 2 N–H and O–H groups in total. The maximum atomic E-state index is 13.3. The molecule has 1 heterocycles. The number of rotatable bonds is 1. The van der Waals surface area contributed by atoms with Crippen molar-refractivity contribution in [3.8, 4) is 0 Å². The Hall–Kier alpha value is -1.58. The average molecular weight is 207 g/mol. The van der Waals surface area contributed by atoms with Gasteiger partial charge in [0.2, 0.25) is 0 Å². The summed E-state index contributed by atoms with van der Waals surface area (Å²) in [6.07, 6.45) is 2.26. The molecule has 0 unspecified atom stereocenters. The third kappa shape index (κ3) is 2.26. The van der Waals surface area contributed by atoms with Crippen LogP contribution in [0.25, 0.3) is 0 Å². The van der Waals surface area contributed by atoms with E-state index >= 15 is 0 Å². The van der Waals surface area contributed by atoms with E-state index in [4.69, 9.17) is 5.73 Å². The molecule has 1 aromatic carbocycles. The van der Waals surface area contributed by atoms with E-state index in [0.29, 0.717) is 11.6 Å². The van der Waals surface area contributed by atoms with Gasteiger partial charge in [0, 0.05) is 13.1 Å². The Morgan fingerprint density at radius 3 is 2.60 bits per heavy atom. The molecule has 1 aliphatic rings. The van der Waals surface area contributed by atoms with Crippen molar-refractivity contribution in [1.29, 1.82) is 0 Å². The fourth-order valence-electron chi connectivity index (χ4n) is 1.68. The van der Waals surface area contributed by atoms with Crippen molar-refractivity contribution < 1.29 is 4.39 Å². The number of nitrogens with two attached hydrogens (primary N) is 1. The quantitative estimate of drug-likeness (QED) is 0.564. The first-order valence-electron chi connectivity index (χ1n) is 5.11. The molecule has 4 heteroatoms. The van der Waals surface area contributed by atoms with Gasteiger partial charge in [0.25, 0.3) is 0 Å². The van der Waals surface area contributed by atoms with Gasteiger partial charge in [-0.2, -0.15) is 0 Å². The van der Waals surface area contributed by atoms with E-state index in [0.717, 1.165) is 25.9 Å². The molecular weight excluding hydrogens is 193 g/mol. The highest BCUT2D eigenvalue weighted by Gasteiger charge is 2.13. The molecule has 80 valence electrons. The second-order valence-electron chi connectivity index (χ2n) is 3.62. The Morgan fingerprint density at radius 2 is 1.93 bits per heavy atom. The molecule has 0 atom stereocenters. The SMILES string of the molecule is NC(=Nc1ccccc1F)N1CCCC1. The van der Waals surface area contributed by atoms with E-state index in [1.165, 1.54) is 6.07 Å². The van der Waals surface area contributed by atoms with Gasteiger partial charge >= 0.3 is 0 Å². The van der Waals surface area contributed by atoms with Crippen LogP contribution in [-0.2, 0) is 0 Å². The Morgan fingerprint density at radius 1 is 1.27 bits per heavy atom. The molecule has 2 rings (SSSR count). The Kier molecular flexibility index (Phi) is 2.85. The number of hydrogen-bond acceptors (Lipinski definition) is 1. The van der Waals surface area contributed by atoms with Gasteiger partial charge in [-0.05, 0) is 25.0 Å². The molecule has 0 amide bonds. The van der Waals surface area contributed by atoms with Crippen LogP contribution in [0.2, 0.25) is 0 Å². The summed E-state index contributed by atoms with van der Waals surface area (Å²) >= 11 is 0. The first kappa shape index (κ1) is 9.96. The van der Waals surface area contributed by atoms with E-state index in [2.05, 4.69) is 4.99 Å². The molecule has 1 aliphatic heterocycles. The maximum Gasteiger partial charge on any atom is 0.196 e. The minimum absolute atomic E-state index is 0.307. The van der Waals surface area contributed by atoms with Crippen LogP contribution >= 0.6 is 0 Å². The number of para-hydroxylation sites is 1. The Bertz CT molecular complexity index is 370. The Balaban J connectivity index is 2.18. The number of nitrogens with zero attached hydrogens (tertiary/aromatic N) is 2. The van der Waals surface area contributed by atoms with E-state index in [1.807, 2.05) is 4.90 Å². The van der Waals surface area contributed by atoms with Crippen molar-refractivity contribution in [1.82, 2.24) is 4.90 Å². The van der Waals surface area contributed by atoms with Crippen LogP contribution in [-0.4, -0.2) is 23.9 Å². The highest BCUT2D eigenvalue weighted by atomic mass is 19.1. The van der Waals surface area contributed by atoms with Gasteiger partial charge in [0.1, 0.15) is 11.5 Å². The minimum Gasteiger partial charge on any atom is -0.369 e. The summed E-state index contributed by atoms with van der Waals surface area (Å²) in [5.74, 6) is 0.0808. The molecule has 1 saturated heterocycles. The van der Waals surface area contributed by atoms with Crippen molar-refractivity contribution in [2.45, 2.75) is 12.8 Å². The van der Waals surface area contributed by atoms with E-state index in [9.17, 15) is 4.39 Å². The predicted octanol–water partition coefficient (Wildman–Crippen LogP) is 1.87. The minimum atomic E-state index is -0.334. The lowest BCUT2D eigenvalue weighted by molar-refractivity contribution is 0.513. The first-order chi connectivity index (χ1) is 7.27. The van der Waals surface area contributed by atoms with Crippen LogP contribution < -0.4 is 5.73 Å². The van der Waals surface area contributed by atoms with Gasteiger partial charge in [0.15, 0.2) is 5.96 Å². The standard InChI is InChI=1S/C11H14FN3/c12-9-5-1-2-6-10(9)14-11(13)15-7-3-4-8-15/h1-2,5-6H,3-4,7-8H2,(H2,13,14). The topological polar surface area (TPSA) is 41.6 Å². The third-order valence-corrected chi connectivity index (χ3v) is 2.52. The van der Waals surface area contributed by atoms with Crippen molar-refractivity contribution in [3.05, 3.63) is 30.1 Å². The van der Waals surface area contributed by atoms with Gasteiger partial charge < -0.3 is 10.6 Å². The molecule has 0 saturated carbocycles. The lowest BCUT2D eigenvalue weighted by Gasteiger charge is -2.15. The van der Waals surface area contributed by atoms with Crippen LogP contribution in [0, 0.1) is 5.82 Å². The van der Waals surface area contributed by atoms with E-state index < -0.39 is 0 Å². The Labute approximate surface area is 88.4 Å². The van der Waals surface area contributed by atoms with Gasteiger partial charge in [-0.1, -0.05) is 12.1 Å². The first-order valence-corrected chi connectivity index (χ1v) is 5.11. The molecule has 3 nitrogen and oxygen atoms in total. The second-order valence-corrected chi connectivity index (χ2v) is 3.62. The van der Waals surface area contributed by atoms with Crippen LogP contribution in [0.15, 0.2) is 29.3 Å². The lowest BCUT2D eigenvalue weighted by Crippen LogP contribution is -2.34. The van der Waals surface area contributed by atoms with Crippen LogP contribution in [0.3, 0.4) is 0 Å². The van der Waals surface area contributed by atoms with Crippen molar-refractivity contribution in [2.75, 3.05) is 13.1 Å². The lowest BCUT2D eigenvalue weighted by atomic mass is 10.3. The zero-order chi connectivity index (χ0) is 10.7. The summed E-state index contributed by atoms with van der Waals surface area (Å²) in [6.45, 7) is 1.84. The average Bonchev–Trinajstić information content (AvgIpc) is 2.74. The molecule has 0 aromatic heterocycles. The van der Waals surface area contributed by atoms with Gasteiger partial charge in [-0.15, -0.1) is 0 Å².